The molecule has 3 rings (SSSR count). The number of hydrogen-bond acceptors (Lipinski definition) is 8. The number of alkyl halides is 3. The zero-order valence-electron chi connectivity index (χ0n) is 24.3. The highest BCUT2D eigenvalue weighted by Crippen LogP contribution is 2.32. The number of fused-ring (bicyclic) bond motifs is 1. The fraction of sp³-hybridized carbons (Fsp3) is 0.423. The minimum Gasteiger partial charge on any atom is -0.436 e. The van der Waals surface area contributed by atoms with Gasteiger partial charge in [-0.2, -0.15) is 13.2 Å². The highest BCUT2D eigenvalue weighted by Gasteiger charge is 2.28. The highest BCUT2D eigenvalue weighted by molar-refractivity contribution is 14.2. The lowest BCUT2D eigenvalue weighted by molar-refractivity contribution is -0.134. The molecular weight excluding hydrogens is 719 g/mol. The molecule has 0 bridgehead atoms. The molecule has 0 saturated carbocycles. The summed E-state index contributed by atoms with van der Waals surface area (Å²) >= 11 is 2.08. The van der Waals surface area contributed by atoms with Crippen LogP contribution in [0.2, 0.25) is 0 Å². The molecule has 3 aromatic heterocycles. The van der Waals surface area contributed by atoms with Crippen LogP contribution in [0, 0.1) is 0 Å². The largest absolute Gasteiger partial charge is 0.436 e. The van der Waals surface area contributed by atoms with Gasteiger partial charge in [0.2, 0.25) is 5.91 Å². The van der Waals surface area contributed by atoms with Crippen LogP contribution >= 0.6 is 28.4 Å². The van der Waals surface area contributed by atoms with Crippen LogP contribution in [0.5, 0.6) is 0 Å². The summed E-state index contributed by atoms with van der Waals surface area (Å²) in [5, 5.41) is 2.52. The molecule has 0 aliphatic rings. The van der Waals surface area contributed by atoms with Crippen LogP contribution < -0.4 is 10.9 Å². The molecule has 0 spiro atoms. The van der Waals surface area contributed by atoms with E-state index in [4.69, 9.17) is 4.74 Å². The van der Waals surface area contributed by atoms with Crippen molar-refractivity contribution in [3.63, 3.8) is 0 Å². The van der Waals surface area contributed by atoms with E-state index in [1.165, 1.54) is 54.3 Å². The SMILES string of the molecule is CN(C)C(=O)/C=C/CC[C@H](OC(=O)N(C)C)C(=O)Nc1cccn(Cc2nc3c(CCC(F)(F)F)ncnc3n2PI)c1=O. The third-order valence-corrected chi connectivity index (χ3v) is 8.19. The predicted octanol–water partition coefficient (Wildman–Crippen LogP) is 3.75. The van der Waals surface area contributed by atoms with Crippen molar-refractivity contribution in [3.05, 3.63) is 58.7 Å². The summed E-state index contributed by atoms with van der Waals surface area (Å²) in [6.45, 7) is -0.0721. The maximum Gasteiger partial charge on any atom is 0.410 e. The Morgan fingerprint density at radius 2 is 1.91 bits per heavy atom. The molecule has 3 heterocycles. The molecule has 13 nitrogen and oxygen atoms in total. The van der Waals surface area contributed by atoms with Crippen molar-refractivity contribution < 1.29 is 32.3 Å². The van der Waals surface area contributed by atoms with Gasteiger partial charge in [-0.1, -0.05) is 6.08 Å². The Kier molecular flexibility index (Phi) is 12.2. The maximum absolute atomic E-state index is 13.3. The Balaban J connectivity index is 1.84. The number of pyridine rings is 1. The molecule has 0 fully saturated rings. The number of nitrogens with zero attached hydrogens (tertiary/aromatic N) is 7. The van der Waals surface area contributed by atoms with Gasteiger partial charge in [0.25, 0.3) is 11.5 Å². The number of aromatic nitrogens is 5. The minimum absolute atomic E-state index is 0.0436. The number of nitrogens with one attached hydrogen (secondary N) is 1. The van der Waals surface area contributed by atoms with E-state index >= 15 is 0 Å². The average molecular weight is 750 g/mol. The van der Waals surface area contributed by atoms with Gasteiger partial charge < -0.3 is 24.4 Å². The van der Waals surface area contributed by atoms with E-state index in [9.17, 15) is 32.3 Å². The van der Waals surface area contributed by atoms with Gasteiger partial charge >= 0.3 is 12.3 Å². The molecule has 0 aliphatic heterocycles. The maximum atomic E-state index is 13.3. The second kappa shape index (κ2) is 15.4. The topological polar surface area (TPSA) is 145 Å². The first kappa shape index (κ1) is 34.9. The van der Waals surface area contributed by atoms with Crippen molar-refractivity contribution in [1.82, 2.24) is 33.7 Å². The number of likely N-dealkylation sites (N-methyl/N-ethyl adjacent to an activating group) is 1. The van der Waals surface area contributed by atoms with Crippen molar-refractivity contribution in [2.75, 3.05) is 33.5 Å². The second-order valence-electron chi connectivity index (χ2n) is 9.88. The van der Waals surface area contributed by atoms with E-state index in [1.807, 2.05) is 0 Å². The van der Waals surface area contributed by atoms with Crippen molar-refractivity contribution in [3.8, 4) is 0 Å². The van der Waals surface area contributed by atoms with Gasteiger partial charge in [0.1, 0.15) is 23.4 Å². The monoisotopic (exact) mass is 750 g/mol. The number of rotatable bonds is 12. The molecule has 0 aromatic carbocycles. The van der Waals surface area contributed by atoms with Crippen LogP contribution in [0.4, 0.5) is 23.7 Å². The lowest BCUT2D eigenvalue weighted by Crippen LogP contribution is -2.37. The van der Waals surface area contributed by atoms with Crippen LogP contribution in [0.3, 0.4) is 0 Å². The van der Waals surface area contributed by atoms with Gasteiger partial charge in [-0.3, -0.25) is 18.7 Å². The second-order valence-corrected chi connectivity index (χ2v) is 11.9. The van der Waals surface area contributed by atoms with Crippen LogP contribution in [0.25, 0.3) is 11.2 Å². The van der Waals surface area contributed by atoms with Gasteiger partial charge in [0, 0.05) is 47.2 Å². The Labute approximate surface area is 265 Å². The summed E-state index contributed by atoms with van der Waals surface area (Å²) in [6.07, 6.45) is -1.92. The van der Waals surface area contributed by atoms with E-state index in [-0.39, 0.29) is 55.0 Å². The Morgan fingerprint density at radius 1 is 1.18 bits per heavy atom. The van der Waals surface area contributed by atoms with E-state index in [1.54, 1.807) is 24.5 Å². The molecule has 3 amide bonds. The molecule has 1 N–H and O–H groups in total. The third kappa shape index (κ3) is 9.45. The van der Waals surface area contributed by atoms with Gasteiger partial charge in [-0.25, -0.2) is 19.7 Å². The molecule has 2 atom stereocenters. The zero-order valence-corrected chi connectivity index (χ0v) is 27.4. The molecule has 0 saturated heterocycles. The molecule has 238 valence electrons. The molecule has 1 unspecified atom stereocenters. The number of imidazole rings is 1. The average Bonchev–Trinajstić information content (AvgIpc) is 3.32. The normalized spacial score (nSPS) is 12.6. The summed E-state index contributed by atoms with van der Waals surface area (Å²) in [5.41, 5.74) is 0.0416. The minimum atomic E-state index is -4.36. The summed E-state index contributed by atoms with van der Waals surface area (Å²) in [7, 11) is 6.10. The highest BCUT2D eigenvalue weighted by atomic mass is 127. The van der Waals surface area contributed by atoms with E-state index < -0.39 is 36.3 Å². The number of anilines is 1. The van der Waals surface area contributed by atoms with E-state index in [0.29, 0.717) is 11.5 Å². The van der Waals surface area contributed by atoms with Gasteiger partial charge in [0.15, 0.2) is 11.8 Å². The van der Waals surface area contributed by atoms with Crippen molar-refractivity contribution in [1.29, 1.82) is 0 Å². The number of hydrogen-bond donors (Lipinski definition) is 1. The number of halogens is 4. The number of carbonyl (C=O) groups excluding carboxylic acids is 3. The van der Waals surface area contributed by atoms with Gasteiger partial charge in [-0.15, -0.1) is 0 Å². The fourth-order valence-electron chi connectivity index (χ4n) is 3.80. The van der Waals surface area contributed by atoms with Crippen LogP contribution in [0.15, 0.2) is 41.6 Å². The third-order valence-electron chi connectivity index (χ3n) is 6.11. The van der Waals surface area contributed by atoms with Gasteiger partial charge in [0.05, 0.1) is 18.6 Å². The summed E-state index contributed by atoms with van der Waals surface area (Å²) < 4.78 is 46.9. The standard InChI is InChI=1S/C26H31F3IN8O5P/c1-35(2)20(39)10-6-5-9-18(43-25(42)36(3)4)23(40)33-17-8-7-13-37(24(17)41)14-19-34-21-16(11-12-26(27,28)29)31-15-32-22(21)38(19)44-30/h6-8,10,13,15,18,44H,5,9,11-12,14H2,1-4H3,(H,33,40)/b10-6+/t18-/m0/s1. The first-order chi connectivity index (χ1) is 20.7. The Morgan fingerprint density at radius 3 is 2.55 bits per heavy atom. The fourth-order valence-corrected chi connectivity index (χ4v) is 5.78. The number of aryl methyl sites for hydroxylation is 1. The van der Waals surface area contributed by atoms with Crippen molar-refractivity contribution in [2.45, 2.75) is 44.5 Å². The molecule has 44 heavy (non-hydrogen) atoms. The number of ether oxygens (including phenoxy) is 1. The number of carbonyl (C=O) groups is 3. The Hall–Kier alpha value is -3.60. The molecular formula is C26H31F3IN8O5P. The molecule has 0 radical (unpaired) electrons. The first-order valence-electron chi connectivity index (χ1n) is 13.1. The zero-order chi connectivity index (χ0) is 32.6. The lowest BCUT2D eigenvalue weighted by Gasteiger charge is -2.19. The quantitative estimate of drug-likeness (QED) is 0.168. The van der Waals surface area contributed by atoms with E-state index in [2.05, 4.69) is 42.3 Å². The summed E-state index contributed by atoms with van der Waals surface area (Å²) in [6, 6.07) is 2.92. The molecule has 18 heteroatoms. The van der Waals surface area contributed by atoms with Gasteiger partial charge in [-0.05, 0) is 53.1 Å². The smallest absolute Gasteiger partial charge is 0.410 e. The van der Waals surface area contributed by atoms with Crippen LogP contribution in [0.1, 0.15) is 30.8 Å². The van der Waals surface area contributed by atoms with Crippen LogP contribution in [-0.4, -0.2) is 92.0 Å². The Bertz CT molecular complexity index is 1590. The summed E-state index contributed by atoms with van der Waals surface area (Å²) in [5.74, 6) is -0.626. The number of amides is 3. The van der Waals surface area contributed by atoms with Crippen molar-refractivity contribution in [2.24, 2.45) is 0 Å². The van der Waals surface area contributed by atoms with Crippen molar-refractivity contribution >= 4 is 63.2 Å². The van der Waals surface area contributed by atoms with E-state index in [0.717, 1.165) is 4.90 Å². The first-order valence-corrected chi connectivity index (χ1v) is 17.2. The summed E-state index contributed by atoms with van der Waals surface area (Å²) in [4.78, 5) is 65.7. The predicted molar refractivity (Wildman–Crippen MR) is 167 cm³/mol. The number of allylic oxidation sites excluding steroid dienone is 1. The van der Waals surface area contributed by atoms with Crippen LogP contribution in [-0.2, 0) is 27.3 Å². The molecule has 3 aromatic rings. The lowest BCUT2D eigenvalue weighted by atomic mass is 10.1. The molecule has 0 aliphatic carbocycles.